The Bertz CT molecular complexity index is 2410. The molecule has 0 aliphatic carbocycles. The van der Waals surface area contributed by atoms with Gasteiger partial charge in [0.2, 0.25) is 5.95 Å². The topological polar surface area (TPSA) is 93.4 Å². The summed E-state index contributed by atoms with van der Waals surface area (Å²) in [6.07, 6.45) is 5.00. The van der Waals surface area contributed by atoms with E-state index in [1.807, 2.05) is 28.8 Å². The molecule has 0 fully saturated rings. The van der Waals surface area contributed by atoms with Crippen LogP contribution in [0, 0.1) is 23.3 Å². The summed E-state index contributed by atoms with van der Waals surface area (Å²) in [5.74, 6) is -1.61. The highest BCUT2D eigenvalue weighted by Crippen LogP contribution is 2.38. The van der Waals surface area contributed by atoms with Crippen molar-refractivity contribution in [2.45, 2.75) is 0 Å². The van der Waals surface area contributed by atoms with Gasteiger partial charge in [0.05, 0.1) is 23.4 Å². The lowest BCUT2D eigenvalue weighted by molar-refractivity contribution is 0.412. The molecule has 0 N–H and O–H groups in total. The highest BCUT2D eigenvalue weighted by Gasteiger charge is 2.17. The fourth-order valence-corrected chi connectivity index (χ4v) is 5.38. The van der Waals surface area contributed by atoms with Crippen molar-refractivity contribution in [1.82, 2.24) is 24.5 Å². The molecule has 0 atom stereocenters. The van der Waals surface area contributed by atoms with Gasteiger partial charge in [-0.15, -0.1) is 0 Å². The van der Waals surface area contributed by atoms with Crippen LogP contribution in [0.5, 0.6) is 46.3 Å². The highest BCUT2D eigenvalue weighted by atomic mass is 19.1. The van der Waals surface area contributed by atoms with Crippen LogP contribution in [0.25, 0.3) is 27.8 Å². The maximum atomic E-state index is 14.1. The van der Waals surface area contributed by atoms with Crippen molar-refractivity contribution in [1.29, 1.82) is 0 Å². The van der Waals surface area contributed by atoms with E-state index in [9.17, 15) is 17.6 Å². The predicted octanol–water partition coefficient (Wildman–Crippen LogP) is 10.1. The molecule has 4 heterocycles. The number of hydrogen-bond donors (Lipinski definition) is 0. The summed E-state index contributed by atoms with van der Waals surface area (Å²) >= 11 is 0. The number of benzene rings is 4. The Labute approximate surface area is 285 Å². The van der Waals surface area contributed by atoms with Crippen molar-refractivity contribution in [3.8, 4) is 52.2 Å². The normalized spacial score (nSPS) is 11.1. The van der Waals surface area contributed by atoms with E-state index in [1.54, 1.807) is 79.1 Å². The van der Waals surface area contributed by atoms with Gasteiger partial charge in [0, 0.05) is 59.6 Å². The largest absolute Gasteiger partial charge is 0.457 e. The first-order valence-corrected chi connectivity index (χ1v) is 15.3. The molecule has 8 aromatic rings. The lowest BCUT2D eigenvalue weighted by atomic mass is 10.1. The molecule has 250 valence electrons. The van der Waals surface area contributed by atoms with Crippen molar-refractivity contribution >= 4 is 21.8 Å². The number of fused-ring (bicyclic) bond motifs is 3. The van der Waals surface area contributed by atoms with Gasteiger partial charge < -0.3 is 18.9 Å². The minimum atomic E-state index is -0.935. The smallest absolute Gasteiger partial charge is 0.256 e. The minimum absolute atomic E-state index is 0.238. The van der Waals surface area contributed by atoms with Gasteiger partial charge in [0.15, 0.2) is 11.6 Å². The second-order valence-electron chi connectivity index (χ2n) is 11.0. The summed E-state index contributed by atoms with van der Waals surface area (Å²) in [6.45, 7) is 0. The number of nitrogens with zero attached hydrogens (tertiary/aromatic N) is 5. The van der Waals surface area contributed by atoms with E-state index >= 15 is 0 Å². The molecule has 0 spiro atoms. The Morgan fingerprint density at radius 2 is 0.863 bits per heavy atom. The molecule has 0 saturated heterocycles. The Morgan fingerprint density at radius 1 is 0.431 bits per heavy atom. The minimum Gasteiger partial charge on any atom is -0.457 e. The van der Waals surface area contributed by atoms with Crippen LogP contribution in [0.2, 0.25) is 0 Å². The molecule has 0 bridgehead atoms. The molecular formula is C38H21F4N5O4. The zero-order valence-corrected chi connectivity index (χ0v) is 26.0. The standard InChI is InChI=1S/C38H21F4N5O4/c39-22-14-32(41)36(45-20-22)50-26-6-1-4-24(16-26)48-28-8-10-30-31-11-9-29(19-35(31)47(34(30)18-28)38-43-12-3-13-44-38)49-25-5-2-7-27(17-25)51-37-33(42)15-23(40)21-46-37/h1-21H. The van der Waals surface area contributed by atoms with Gasteiger partial charge in [0.1, 0.15) is 46.1 Å². The van der Waals surface area contributed by atoms with E-state index in [0.717, 1.165) is 34.2 Å². The average Bonchev–Trinajstić information content (AvgIpc) is 3.44. The molecule has 8 rings (SSSR count). The molecule has 0 amide bonds. The summed E-state index contributed by atoms with van der Waals surface area (Å²) < 4.78 is 80.1. The van der Waals surface area contributed by atoms with Crippen LogP contribution in [0.1, 0.15) is 0 Å². The first-order valence-electron chi connectivity index (χ1n) is 15.3. The van der Waals surface area contributed by atoms with E-state index < -0.39 is 23.3 Å². The number of ether oxygens (including phenoxy) is 4. The van der Waals surface area contributed by atoms with E-state index in [2.05, 4.69) is 19.9 Å². The summed E-state index contributed by atoms with van der Waals surface area (Å²) in [4.78, 5) is 16.3. The lowest BCUT2D eigenvalue weighted by Gasteiger charge is -2.11. The molecule has 0 aliphatic heterocycles. The van der Waals surface area contributed by atoms with Gasteiger partial charge in [-0.05, 0) is 54.6 Å². The second kappa shape index (κ2) is 13.1. The number of halogens is 4. The van der Waals surface area contributed by atoms with Gasteiger partial charge in [-0.25, -0.2) is 37.5 Å². The van der Waals surface area contributed by atoms with Crippen LogP contribution in [-0.4, -0.2) is 24.5 Å². The van der Waals surface area contributed by atoms with Crippen LogP contribution in [0.15, 0.2) is 128 Å². The molecule has 0 radical (unpaired) electrons. The monoisotopic (exact) mass is 687 g/mol. The number of rotatable bonds is 9. The van der Waals surface area contributed by atoms with Crippen LogP contribution in [-0.2, 0) is 0 Å². The summed E-state index contributed by atoms with van der Waals surface area (Å²) in [6, 6.07) is 27.3. The highest BCUT2D eigenvalue weighted by molar-refractivity contribution is 6.09. The molecule has 51 heavy (non-hydrogen) atoms. The number of aromatic nitrogens is 5. The molecule has 0 saturated carbocycles. The Hall–Kier alpha value is -7.02. The van der Waals surface area contributed by atoms with Gasteiger partial charge >= 0.3 is 0 Å². The third-order valence-corrected chi connectivity index (χ3v) is 7.52. The molecule has 9 nitrogen and oxygen atoms in total. The maximum Gasteiger partial charge on any atom is 0.256 e. The van der Waals surface area contributed by atoms with E-state index in [1.165, 1.54) is 0 Å². The van der Waals surface area contributed by atoms with Crippen LogP contribution in [0.3, 0.4) is 0 Å². The summed E-state index contributed by atoms with van der Waals surface area (Å²) in [5, 5.41) is 1.77. The van der Waals surface area contributed by atoms with Crippen LogP contribution in [0.4, 0.5) is 17.6 Å². The zero-order valence-electron chi connectivity index (χ0n) is 26.0. The van der Waals surface area contributed by atoms with E-state index in [0.29, 0.717) is 41.1 Å². The number of hydrogen-bond acceptors (Lipinski definition) is 8. The molecule has 0 aliphatic rings. The van der Waals surface area contributed by atoms with Crippen LogP contribution >= 0.6 is 0 Å². The van der Waals surface area contributed by atoms with Crippen molar-refractivity contribution in [3.63, 3.8) is 0 Å². The fraction of sp³-hybridized carbons (Fsp3) is 0. The van der Waals surface area contributed by atoms with Gasteiger partial charge in [-0.1, -0.05) is 12.1 Å². The zero-order chi connectivity index (χ0) is 34.9. The van der Waals surface area contributed by atoms with Gasteiger partial charge in [-0.3, -0.25) is 4.57 Å². The van der Waals surface area contributed by atoms with Crippen molar-refractivity contribution in [2.75, 3.05) is 0 Å². The predicted molar refractivity (Wildman–Crippen MR) is 178 cm³/mol. The Balaban J connectivity index is 1.11. The third-order valence-electron chi connectivity index (χ3n) is 7.52. The average molecular weight is 688 g/mol. The summed E-state index contributed by atoms with van der Waals surface area (Å²) in [7, 11) is 0. The Morgan fingerprint density at radius 3 is 1.31 bits per heavy atom. The Kier molecular flexibility index (Phi) is 8.04. The molecule has 0 unspecified atom stereocenters. The first-order chi connectivity index (χ1) is 24.9. The van der Waals surface area contributed by atoms with Crippen molar-refractivity contribution in [3.05, 3.63) is 151 Å². The second-order valence-corrected chi connectivity index (χ2v) is 11.0. The van der Waals surface area contributed by atoms with Gasteiger partial charge in [0.25, 0.3) is 11.8 Å². The quantitative estimate of drug-likeness (QED) is 0.139. The fourth-order valence-electron chi connectivity index (χ4n) is 5.38. The number of pyridine rings is 2. The van der Waals surface area contributed by atoms with Crippen LogP contribution < -0.4 is 18.9 Å². The first kappa shape index (κ1) is 31.3. The van der Waals surface area contributed by atoms with Crippen molar-refractivity contribution in [2.24, 2.45) is 0 Å². The van der Waals surface area contributed by atoms with E-state index in [4.69, 9.17) is 18.9 Å². The summed E-state index contributed by atoms with van der Waals surface area (Å²) in [5.41, 5.74) is 1.47. The molecule has 4 aromatic carbocycles. The van der Waals surface area contributed by atoms with E-state index in [-0.39, 0.29) is 23.3 Å². The maximum absolute atomic E-state index is 14.1. The molecular weight excluding hydrogens is 666 g/mol. The lowest BCUT2D eigenvalue weighted by Crippen LogP contribution is -2.00. The molecule has 4 aromatic heterocycles. The third kappa shape index (κ3) is 6.55. The van der Waals surface area contributed by atoms with Crippen molar-refractivity contribution < 1.29 is 36.5 Å². The van der Waals surface area contributed by atoms with Gasteiger partial charge in [-0.2, -0.15) is 0 Å². The SMILES string of the molecule is Fc1cnc(Oc2cccc(Oc3ccc4c5ccc(Oc6cccc(Oc7ncc(F)cc7F)c6)cc5n(-c5ncccn5)c4c3)c2)c(F)c1. The molecule has 13 heteroatoms.